The predicted molar refractivity (Wildman–Crippen MR) is 119 cm³/mol. The van der Waals surface area contributed by atoms with Crippen molar-refractivity contribution in [2.24, 2.45) is 4.99 Å². The topological polar surface area (TPSA) is 52.6 Å². The van der Waals surface area contributed by atoms with Crippen molar-refractivity contribution < 1.29 is 0 Å². The Labute approximate surface area is 175 Å². The van der Waals surface area contributed by atoms with Gasteiger partial charge >= 0.3 is 0 Å². The fraction of sp³-hybridized carbons (Fsp3) is 0.455. The molecule has 1 aromatic carbocycles. The van der Waals surface area contributed by atoms with Crippen LogP contribution in [0.1, 0.15) is 36.8 Å². The van der Waals surface area contributed by atoms with Crippen molar-refractivity contribution in [3.05, 3.63) is 58.2 Å². The van der Waals surface area contributed by atoms with Crippen LogP contribution in [-0.4, -0.2) is 37.6 Å². The minimum Gasteiger partial charge on any atom is -0.357 e. The van der Waals surface area contributed by atoms with Gasteiger partial charge in [0.15, 0.2) is 5.96 Å². The summed E-state index contributed by atoms with van der Waals surface area (Å²) in [5.74, 6) is 1.93. The Morgan fingerprint density at radius 2 is 2.00 bits per heavy atom. The molecule has 6 heteroatoms. The molecule has 4 rings (SSSR count). The highest BCUT2D eigenvalue weighted by Crippen LogP contribution is 2.48. The number of anilines is 1. The lowest BCUT2D eigenvalue weighted by Crippen LogP contribution is -2.40. The van der Waals surface area contributed by atoms with Crippen molar-refractivity contribution in [3.63, 3.8) is 0 Å². The summed E-state index contributed by atoms with van der Waals surface area (Å²) < 4.78 is 1.14. The van der Waals surface area contributed by atoms with E-state index in [9.17, 15) is 0 Å². The number of aliphatic imine (C=N–C) groups is 1. The third-order valence-corrected chi connectivity index (χ3v) is 6.30. The number of pyridine rings is 1. The second-order valence-electron chi connectivity index (χ2n) is 7.79. The number of benzene rings is 1. The van der Waals surface area contributed by atoms with Gasteiger partial charge in [0, 0.05) is 49.3 Å². The molecule has 0 atom stereocenters. The molecule has 2 N–H and O–H groups in total. The average Bonchev–Trinajstić information content (AvgIpc) is 3.32. The minimum absolute atomic E-state index is 0.236. The van der Waals surface area contributed by atoms with E-state index in [1.807, 2.05) is 13.2 Å². The first-order chi connectivity index (χ1) is 13.7. The lowest BCUT2D eigenvalue weighted by molar-refractivity contribution is 0.645. The molecule has 1 saturated carbocycles. The molecule has 1 saturated heterocycles. The van der Waals surface area contributed by atoms with Crippen LogP contribution in [0.5, 0.6) is 0 Å². The van der Waals surface area contributed by atoms with Gasteiger partial charge in [-0.15, -0.1) is 0 Å². The lowest BCUT2D eigenvalue weighted by atomic mass is 9.96. The molecule has 0 radical (unpaired) electrons. The lowest BCUT2D eigenvalue weighted by Gasteiger charge is -2.19. The van der Waals surface area contributed by atoms with Crippen LogP contribution < -0.4 is 15.5 Å². The number of nitrogens with zero attached hydrogens (tertiary/aromatic N) is 3. The number of aromatic nitrogens is 1. The van der Waals surface area contributed by atoms with Crippen LogP contribution in [-0.2, 0) is 12.0 Å². The van der Waals surface area contributed by atoms with Gasteiger partial charge in [-0.05, 0) is 55.0 Å². The molecule has 2 heterocycles. The maximum absolute atomic E-state index is 4.63. The summed E-state index contributed by atoms with van der Waals surface area (Å²) in [5.41, 5.74) is 2.80. The standard InChI is InChI=1S/C22H28BrN5/c1-24-21(27-16-22(9-10-22)18-5-4-6-19(23)13-18)26-15-17-7-8-20(25-14-17)28-11-2-3-12-28/h4-8,13-14H,2-3,9-12,15-16H2,1H3,(H2,24,26,27). The molecule has 1 aromatic heterocycles. The van der Waals surface area contributed by atoms with Gasteiger partial charge in [-0.1, -0.05) is 34.1 Å². The summed E-state index contributed by atoms with van der Waals surface area (Å²) in [5, 5.41) is 6.93. The maximum atomic E-state index is 4.63. The van der Waals surface area contributed by atoms with E-state index in [1.54, 1.807) is 0 Å². The maximum Gasteiger partial charge on any atom is 0.191 e. The molecule has 2 fully saturated rings. The van der Waals surface area contributed by atoms with Gasteiger partial charge in [-0.3, -0.25) is 4.99 Å². The Balaban J connectivity index is 1.29. The molecule has 28 heavy (non-hydrogen) atoms. The van der Waals surface area contributed by atoms with Crippen molar-refractivity contribution in [1.29, 1.82) is 0 Å². The number of halogens is 1. The first kappa shape index (κ1) is 19.2. The molecule has 0 amide bonds. The molecule has 2 aliphatic rings. The Hall–Kier alpha value is -2.08. The molecule has 148 valence electrons. The van der Waals surface area contributed by atoms with Crippen molar-refractivity contribution >= 4 is 27.7 Å². The van der Waals surface area contributed by atoms with Gasteiger partial charge in [-0.25, -0.2) is 4.98 Å². The van der Waals surface area contributed by atoms with Crippen LogP contribution in [0.25, 0.3) is 0 Å². The van der Waals surface area contributed by atoms with Crippen LogP contribution in [0, 0.1) is 0 Å². The SMILES string of the molecule is CN=C(NCc1ccc(N2CCCC2)nc1)NCC1(c2cccc(Br)c2)CC1. The van der Waals surface area contributed by atoms with E-state index in [2.05, 4.69) is 77.8 Å². The first-order valence-electron chi connectivity index (χ1n) is 10.1. The van der Waals surface area contributed by atoms with Crippen LogP contribution in [0.15, 0.2) is 52.1 Å². The summed E-state index contributed by atoms with van der Waals surface area (Å²) in [6.45, 7) is 3.87. The number of guanidine groups is 1. The number of hydrogen-bond acceptors (Lipinski definition) is 3. The third kappa shape index (κ3) is 4.49. The van der Waals surface area contributed by atoms with Crippen LogP contribution in [0.2, 0.25) is 0 Å². The minimum atomic E-state index is 0.236. The monoisotopic (exact) mass is 441 g/mol. The van der Waals surface area contributed by atoms with Crippen molar-refractivity contribution in [3.8, 4) is 0 Å². The van der Waals surface area contributed by atoms with Crippen LogP contribution >= 0.6 is 15.9 Å². The fourth-order valence-corrected chi connectivity index (χ4v) is 4.25. The normalized spacial score (nSPS) is 18.2. The van der Waals surface area contributed by atoms with E-state index in [0.717, 1.165) is 42.4 Å². The number of nitrogens with one attached hydrogen (secondary N) is 2. The predicted octanol–water partition coefficient (Wildman–Crippen LogP) is 3.84. The Morgan fingerprint density at radius 1 is 1.18 bits per heavy atom. The molecule has 0 spiro atoms. The van der Waals surface area contributed by atoms with E-state index in [0.29, 0.717) is 0 Å². The van der Waals surface area contributed by atoms with Gasteiger partial charge in [0.2, 0.25) is 0 Å². The highest BCUT2D eigenvalue weighted by molar-refractivity contribution is 9.10. The summed E-state index contributed by atoms with van der Waals surface area (Å²) >= 11 is 3.59. The van der Waals surface area contributed by atoms with Gasteiger partial charge in [0.1, 0.15) is 5.82 Å². The Morgan fingerprint density at radius 3 is 2.64 bits per heavy atom. The molecule has 1 aliphatic heterocycles. The van der Waals surface area contributed by atoms with Gasteiger partial charge in [-0.2, -0.15) is 0 Å². The number of rotatable bonds is 6. The van der Waals surface area contributed by atoms with Crippen molar-refractivity contribution in [1.82, 2.24) is 15.6 Å². The Bertz CT molecular complexity index is 823. The smallest absolute Gasteiger partial charge is 0.191 e. The second-order valence-corrected chi connectivity index (χ2v) is 8.70. The third-order valence-electron chi connectivity index (χ3n) is 5.81. The zero-order chi connectivity index (χ0) is 19.4. The molecule has 5 nitrogen and oxygen atoms in total. The van der Waals surface area contributed by atoms with E-state index in [4.69, 9.17) is 0 Å². The summed E-state index contributed by atoms with van der Waals surface area (Å²) in [6.07, 6.45) is 6.95. The van der Waals surface area contributed by atoms with Crippen molar-refractivity contribution in [2.75, 3.05) is 31.6 Å². The summed E-state index contributed by atoms with van der Waals surface area (Å²) in [4.78, 5) is 11.4. The zero-order valence-electron chi connectivity index (χ0n) is 16.4. The van der Waals surface area contributed by atoms with Crippen LogP contribution in [0.4, 0.5) is 5.82 Å². The van der Waals surface area contributed by atoms with Gasteiger partial charge in [0.05, 0.1) is 0 Å². The highest BCUT2D eigenvalue weighted by atomic mass is 79.9. The van der Waals surface area contributed by atoms with Gasteiger partial charge in [0.25, 0.3) is 0 Å². The Kier molecular flexibility index (Phi) is 5.85. The van der Waals surface area contributed by atoms with Gasteiger partial charge < -0.3 is 15.5 Å². The molecule has 1 aliphatic carbocycles. The second kappa shape index (κ2) is 8.52. The fourth-order valence-electron chi connectivity index (χ4n) is 3.85. The quantitative estimate of drug-likeness (QED) is 0.527. The van der Waals surface area contributed by atoms with E-state index in [1.165, 1.54) is 36.8 Å². The van der Waals surface area contributed by atoms with E-state index < -0.39 is 0 Å². The molecule has 0 bridgehead atoms. The highest BCUT2D eigenvalue weighted by Gasteiger charge is 2.44. The zero-order valence-corrected chi connectivity index (χ0v) is 18.0. The van der Waals surface area contributed by atoms with E-state index in [-0.39, 0.29) is 5.41 Å². The van der Waals surface area contributed by atoms with E-state index >= 15 is 0 Å². The molecule has 0 unspecified atom stereocenters. The van der Waals surface area contributed by atoms with Crippen molar-refractivity contribution in [2.45, 2.75) is 37.6 Å². The first-order valence-corrected chi connectivity index (χ1v) is 10.9. The largest absolute Gasteiger partial charge is 0.357 e. The molecular weight excluding hydrogens is 414 g/mol. The van der Waals surface area contributed by atoms with Crippen LogP contribution in [0.3, 0.4) is 0 Å². The summed E-state index contributed by atoms with van der Waals surface area (Å²) in [7, 11) is 1.82. The molecule has 2 aromatic rings. The summed E-state index contributed by atoms with van der Waals surface area (Å²) in [6, 6.07) is 12.9. The average molecular weight is 442 g/mol. The number of hydrogen-bond donors (Lipinski definition) is 2. The molecular formula is C22H28BrN5.